The van der Waals surface area contributed by atoms with Crippen LogP contribution in [0.1, 0.15) is 5.56 Å². The Bertz CT molecular complexity index is 914. The van der Waals surface area contributed by atoms with Gasteiger partial charge in [-0.1, -0.05) is 17.7 Å². The van der Waals surface area contributed by atoms with E-state index in [1.807, 2.05) is 13.0 Å². The van der Waals surface area contributed by atoms with Crippen LogP contribution in [0.4, 0.5) is 16.2 Å². The van der Waals surface area contributed by atoms with Crippen molar-refractivity contribution in [2.24, 2.45) is 0 Å². The second-order valence-corrected chi connectivity index (χ2v) is 5.18. The number of aryl methyl sites for hydroxylation is 1. The largest absolute Gasteiger partial charge is 0.417 e. The molecule has 0 fully saturated rings. The third kappa shape index (κ3) is 2.96. The van der Waals surface area contributed by atoms with Crippen LogP contribution >= 0.6 is 11.6 Å². The van der Waals surface area contributed by atoms with E-state index >= 15 is 0 Å². The van der Waals surface area contributed by atoms with E-state index in [9.17, 15) is 9.59 Å². The van der Waals surface area contributed by atoms with Crippen molar-refractivity contribution in [3.05, 3.63) is 57.5 Å². The second kappa shape index (κ2) is 5.57. The summed E-state index contributed by atoms with van der Waals surface area (Å²) in [6, 6.07) is 9.71. The first-order valence-electron chi connectivity index (χ1n) is 6.48. The van der Waals surface area contributed by atoms with Crippen LogP contribution in [0.5, 0.6) is 0 Å². The molecule has 2 amide bonds. The fourth-order valence-electron chi connectivity index (χ4n) is 1.99. The zero-order valence-electron chi connectivity index (χ0n) is 11.6. The van der Waals surface area contributed by atoms with Crippen LogP contribution in [-0.2, 0) is 0 Å². The molecule has 2 aromatic carbocycles. The lowest BCUT2D eigenvalue weighted by Gasteiger charge is -2.08. The molecule has 0 saturated carbocycles. The van der Waals surface area contributed by atoms with Gasteiger partial charge in [0.2, 0.25) is 0 Å². The molecule has 3 N–H and O–H groups in total. The Morgan fingerprint density at radius 2 is 1.82 bits per heavy atom. The molecule has 6 nitrogen and oxygen atoms in total. The van der Waals surface area contributed by atoms with Gasteiger partial charge in [0, 0.05) is 22.5 Å². The molecule has 0 spiro atoms. The zero-order valence-corrected chi connectivity index (χ0v) is 12.3. The highest BCUT2D eigenvalue weighted by molar-refractivity contribution is 6.31. The molecule has 1 heterocycles. The summed E-state index contributed by atoms with van der Waals surface area (Å²) < 4.78 is 4.94. The summed E-state index contributed by atoms with van der Waals surface area (Å²) in [6.07, 6.45) is 0. The van der Waals surface area contributed by atoms with Crippen LogP contribution in [0.2, 0.25) is 5.02 Å². The molecule has 0 aliphatic rings. The minimum atomic E-state index is -0.536. The van der Waals surface area contributed by atoms with E-state index in [1.165, 1.54) is 0 Å². The number of hydrogen-bond acceptors (Lipinski definition) is 3. The second-order valence-electron chi connectivity index (χ2n) is 4.77. The number of carbonyl (C=O) groups excluding carboxylic acids is 1. The number of oxazole rings is 1. The summed E-state index contributed by atoms with van der Waals surface area (Å²) >= 11 is 6.01. The van der Waals surface area contributed by atoms with E-state index in [0.717, 1.165) is 5.56 Å². The van der Waals surface area contributed by atoms with Crippen LogP contribution in [-0.4, -0.2) is 11.0 Å². The Hall–Kier alpha value is -2.73. The van der Waals surface area contributed by atoms with Gasteiger partial charge >= 0.3 is 11.8 Å². The van der Waals surface area contributed by atoms with Crippen molar-refractivity contribution in [3.63, 3.8) is 0 Å². The van der Waals surface area contributed by atoms with Gasteiger partial charge in [-0.05, 0) is 36.8 Å². The molecule has 0 atom stereocenters. The van der Waals surface area contributed by atoms with Crippen molar-refractivity contribution in [1.82, 2.24) is 4.98 Å². The van der Waals surface area contributed by atoms with Crippen molar-refractivity contribution in [1.29, 1.82) is 0 Å². The topological polar surface area (TPSA) is 87.1 Å². The molecule has 0 aliphatic carbocycles. The molecule has 7 heteroatoms. The van der Waals surface area contributed by atoms with Gasteiger partial charge in [-0.2, -0.15) is 0 Å². The number of anilines is 2. The number of urea groups is 1. The average molecular weight is 318 g/mol. The van der Waals surface area contributed by atoms with Gasteiger partial charge in [-0.25, -0.2) is 9.59 Å². The van der Waals surface area contributed by atoms with Crippen LogP contribution in [0.15, 0.2) is 45.6 Å². The highest BCUT2D eigenvalue weighted by atomic mass is 35.5. The first-order chi connectivity index (χ1) is 10.5. The van der Waals surface area contributed by atoms with Gasteiger partial charge in [0.15, 0.2) is 5.58 Å². The van der Waals surface area contributed by atoms with Crippen molar-refractivity contribution in [3.8, 4) is 0 Å². The third-order valence-electron chi connectivity index (χ3n) is 3.11. The van der Waals surface area contributed by atoms with Crippen molar-refractivity contribution >= 4 is 40.1 Å². The first-order valence-corrected chi connectivity index (χ1v) is 6.86. The lowest BCUT2D eigenvalue weighted by atomic mass is 10.2. The van der Waals surface area contributed by atoms with E-state index in [-0.39, 0.29) is 0 Å². The van der Waals surface area contributed by atoms with Gasteiger partial charge in [0.25, 0.3) is 0 Å². The molecule has 0 radical (unpaired) electrons. The number of aromatic amines is 1. The lowest BCUT2D eigenvalue weighted by molar-refractivity contribution is 0.262. The smallest absolute Gasteiger partial charge is 0.408 e. The minimum Gasteiger partial charge on any atom is -0.408 e. The van der Waals surface area contributed by atoms with Crippen LogP contribution in [0.25, 0.3) is 11.1 Å². The fourth-order valence-corrected chi connectivity index (χ4v) is 2.17. The number of aromatic nitrogens is 1. The molecule has 3 aromatic rings. The number of amides is 2. The number of fused-ring (bicyclic) bond motifs is 1. The van der Waals surface area contributed by atoms with Gasteiger partial charge in [-0.3, -0.25) is 4.98 Å². The molecular weight excluding hydrogens is 306 g/mol. The molecule has 0 bridgehead atoms. The summed E-state index contributed by atoms with van der Waals surface area (Å²) in [6.45, 7) is 1.88. The number of rotatable bonds is 2. The number of H-pyrrole nitrogens is 1. The number of nitrogens with one attached hydrogen (secondary N) is 3. The van der Waals surface area contributed by atoms with Crippen molar-refractivity contribution in [2.45, 2.75) is 6.92 Å². The average Bonchev–Trinajstić information content (AvgIpc) is 2.82. The van der Waals surface area contributed by atoms with Crippen molar-refractivity contribution < 1.29 is 9.21 Å². The highest BCUT2D eigenvalue weighted by Gasteiger charge is 2.07. The molecule has 0 saturated heterocycles. The maximum absolute atomic E-state index is 12.0. The van der Waals surface area contributed by atoms with Gasteiger partial charge < -0.3 is 15.1 Å². The summed E-state index contributed by atoms with van der Waals surface area (Å²) in [7, 11) is 0. The Morgan fingerprint density at radius 3 is 2.55 bits per heavy atom. The Balaban J connectivity index is 1.74. The van der Waals surface area contributed by atoms with Gasteiger partial charge in [0.1, 0.15) is 0 Å². The summed E-state index contributed by atoms with van der Waals surface area (Å²) in [5.74, 6) is -0.536. The predicted molar refractivity (Wildman–Crippen MR) is 85.7 cm³/mol. The number of carbonyl (C=O) groups is 1. The molecule has 0 unspecified atom stereocenters. The summed E-state index contributed by atoms with van der Waals surface area (Å²) in [4.78, 5) is 25.6. The number of halogens is 1. The third-order valence-corrected chi connectivity index (χ3v) is 3.52. The molecule has 0 aliphatic heterocycles. The van der Waals surface area contributed by atoms with Crippen LogP contribution < -0.4 is 16.4 Å². The highest BCUT2D eigenvalue weighted by Crippen LogP contribution is 2.20. The van der Waals surface area contributed by atoms with Crippen molar-refractivity contribution in [2.75, 3.05) is 10.6 Å². The molecular formula is C15H12ClN3O3. The summed E-state index contributed by atoms with van der Waals surface area (Å²) in [5.41, 5.74) is 2.97. The maximum Gasteiger partial charge on any atom is 0.417 e. The summed E-state index contributed by atoms with van der Waals surface area (Å²) in [5, 5.41) is 5.91. The fraction of sp³-hybridized carbons (Fsp3) is 0.0667. The molecule has 3 rings (SSSR count). The number of hydrogen-bond donors (Lipinski definition) is 3. The molecule has 22 heavy (non-hydrogen) atoms. The van der Waals surface area contributed by atoms with E-state index in [4.69, 9.17) is 16.0 Å². The number of benzene rings is 2. The SMILES string of the molecule is Cc1ccc(NC(=O)Nc2ccc3[nH]c(=O)oc3c2)cc1Cl. The first kappa shape index (κ1) is 14.2. The Kier molecular flexibility index (Phi) is 3.60. The van der Waals surface area contributed by atoms with E-state index in [1.54, 1.807) is 30.3 Å². The monoisotopic (exact) mass is 317 g/mol. The molecule has 1 aromatic heterocycles. The molecule has 112 valence electrons. The predicted octanol–water partition coefficient (Wildman–Crippen LogP) is 3.73. The maximum atomic E-state index is 12.0. The quantitative estimate of drug-likeness (QED) is 0.673. The minimum absolute atomic E-state index is 0.376. The lowest BCUT2D eigenvalue weighted by Crippen LogP contribution is -2.19. The Labute approximate surface area is 130 Å². The van der Waals surface area contributed by atoms with Crippen LogP contribution in [0, 0.1) is 6.92 Å². The van der Waals surface area contributed by atoms with Crippen LogP contribution in [0.3, 0.4) is 0 Å². The van der Waals surface area contributed by atoms with E-state index < -0.39 is 11.8 Å². The van der Waals surface area contributed by atoms with Gasteiger partial charge in [0.05, 0.1) is 5.52 Å². The van der Waals surface area contributed by atoms with Gasteiger partial charge in [-0.15, -0.1) is 0 Å². The normalized spacial score (nSPS) is 10.6. The Morgan fingerprint density at radius 1 is 1.14 bits per heavy atom. The standard InChI is InChI=1S/C15H12ClN3O3/c1-8-2-3-9(6-11(8)16)17-14(20)18-10-4-5-12-13(7-10)22-15(21)19-12/h2-7H,1H3,(H,19,21)(H2,17,18,20). The van der Waals surface area contributed by atoms with E-state index in [0.29, 0.717) is 27.5 Å². The van der Waals surface area contributed by atoms with E-state index in [2.05, 4.69) is 15.6 Å². The zero-order chi connectivity index (χ0) is 15.7.